The first-order valence-electron chi connectivity index (χ1n) is 16.2. The molecule has 9 aromatic rings. The van der Waals surface area contributed by atoms with Crippen LogP contribution in [0.5, 0.6) is 0 Å². The van der Waals surface area contributed by atoms with Crippen LogP contribution in [0.1, 0.15) is 11.1 Å². The number of para-hydroxylation sites is 1. The highest BCUT2D eigenvalue weighted by Gasteiger charge is 2.27. The molecule has 0 saturated heterocycles. The van der Waals surface area contributed by atoms with Crippen LogP contribution in [0.3, 0.4) is 0 Å². The Morgan fingerprint density at radius 3 is 2.06 bits per heavy atom. The van der Waals surface area contributed by atoms with Gasteiger partial charge in [-0.15, -0.1) is 0 Å². The Morgan fingerprint density at radius 2 is 1.21 bits per heavy atom. The summed E-state index contributed by atoms with van der Waals surface area (Å²) in [5.74, 6) is 0. The maximum atomic E-state index is 6.64. The van der Waals surface area contributed by atoms with Crippen LogP contribution in [-0.2, 0) is 0 Å². The molecule has 48 heavy (non-hydrogen) atoms. The van der Waals surface area contributed by atoms with Gasteiger partial charge in [-0.3, -0.25) is 0 Å². The molecule has 0 saturated carbocycles. The van der Waals surface area contributed by atoms with Crippen molar-refractivity contribution in [3.8, 4) is 33.4 Å². The van der Waals surface area contributed by atoms with Crippen molar-refractivity contribution in [1.29, 1.82) is 0 Å². The first kappa shape index (κ1) is 26.7. The van der Waals surface area contributed by atoms with E-state index in [0.29, 0.717) is 5.69 Å². The molecule has 0 spiro atoms. The molecule has 0 aliphatic heterocycles. The molecule has 0 radical (unpaired) electrons. The van der Waals surface area contributed by atoms with E-state index in [1.165, 1.54) is 43.8 Å². The summed E-state index contributed by atoms with van der Waals surface area (Å²) in [5.41, 5.74) is 24.8. The lowest BCUT2D eigenvalue weighted by atomic mass is 9.82. The van der Waals surface area contributed by atoms with Crippen molar-refractivity contribution >= 4 is 65.3 Å². The molecular formula is C44H28N4. The van der Waals surface area contributed by atoms with Gasteiger partial charge in [0.15, 0.2) is 0 Å². The highest BCUT2D eigenvalue weighted by molar-refractivity contribution is 6.28. The minimum Gasteiger partial charge on any atom is -0.404 e. The molecule has 0 fully saturated rings. The van der Waals surface area contributed by atoms with Crippen molar-refractivity contribution in [2.24, 2.45) is 5.73 Å². The van der Waals surface area contributed by atoms with Gasteiger partial charge in [-0.2, -0.15) is 10.2 Å². The largest absolute Gasteiger partial charge is 0.404 e. The summed E-state index contributed by atoms with van der Waals surface area (Å²) in [4.78, 5) is 0. The van der Waals surface area contributed by atoms with Crippen molar-refractivity contribution < 1.29 is 0 Å². The van der Waals surface area contributed by atoms with E-state index in [0.717, 1.165) is 60.3 Å². The third-order valence-corrected chi connectivity index (χ3v) is 10.1. The summed E-state index contributed by atoms with van der Waals surface area (Å²) in [6.45, 7) is 0. The number of aromatic nitrogens is 2. The molecule has 1 aliphatic carbocycles. The molecule has 1 heterocycles. The van der Waals surface area contributed by atoms with Gasteiger partial charge >= 0.3 is 0 Å². The number of anilines is 1. The van der Waals surface area contributed by atoms with Crippen molar-refractivity contribution in [3.63, 3.8) is 0 Å². The van der Waals surface area contributed by atoms with Gasteiger partial charge in [0.05, 0.1) is 11.7 Å². The van der Waals surface area contributed by atoms with E-state index in [9.17, 15) is 0 Å². The molecule has 0 unspecified atom stereocenters. The molecule has 1 aliphatic rings. The van der Waals surface area contributed by atoms with Gasteiger partial charge in [0.25, 0.3) is 0 Å². The zero-order valence-electron chi connectivity index (χ0n) is 25.9. The molecule has 1 aromatic heterocycles. The van der Waals surface area contributed by atoms with E-state index in [1.54, 1.807) is 6.20 Å². The van der Waals surface area contributed by atoms with Gasteiger partial charge in [-0.25, -0.2) is 0 Å². The predicted octanol–water partition coefficient (Wildman–Crippen LogP) is 10.5. The fourth-order valence-corrected chi connectivity index (χ4v) is 8.10. The molecule has 0 amide bonds. The normalized spacial score (nSPS) is 12.5. The number of rotatable bonds is 3. The fourth-order valence-electron chi connectivity index (χ4n) is 8.10. The number of nitrogens with zero attached hydrogens (tertiary/aromatic N) is 2. The standard InChI is InChI=1S/C44H28N4/c45-23-38(27-12-5-7-18-40(27)46)43-30-14-3-4-15-31(30)44(39-24-47-48-41-19-8-6-13-28(39)41)37-22-34-33(21-36(37)43)32-17-9-16-29-26-11-2-1-10-25(26)20-35(34)42(29)32/h1-24H,45-46H2/b38-23+. The summed E-state index contributed by atoms with van der Waals surface area (Å²) < 4.78 is 0. The lowest BCUT2D eigenvalue weighted by molar-refractivity contribution is 1.08. The Bertz CT molecular complexity index is 2860. The van der Waals surface area contributed by atoms with Gasteiger partial charge in [-0.1, -0.05) is 103 Å². The lowest BCUT2D eigenvalue weighted by Crippen LogP contribution is -2.01. The average molecular weight is 613 g/mol. The molecule has 4 nitrogen and oxygen atoms in total. The monoisotopic (exact) mass is 612 g/mol. The Kier molecular flexibility index (Phi) is 5.55. The molecule has 4 heteroatoms. The van der Waals surface area contributed by atoms with E-state index in [-0.39, 0.29) is 0 Å². The molecule has 8 aromatic carbocycles. The first-order chi connectivity index (χ1) is 23.7. The lowest BCUT2D eigenvalue weighted by Gasteiger charge is -2.21. The quantitative estimate of drug-likeness (QED) is 0.118. The van der Waals surface area contributed by atoms with Crippen molar-refractivity contribution in [1.82, 2.24) is 10.2 Å². The van der Waals surface area contributed by atoms with Gasteiger partial charge in [0, 0.05) is 34.0 Å². The van der Waals surface area contributed by atoms with Crippen LogP contribution in [0.15, 0.2) is 146 Å². The maximum absolute atomic E-state index is 6.64. The van der Waals surface area contributed by atoms with Gasteiger partial charge in [0.2, 0.25) is 0 Å². The third kappa shape index (κ3) is 3.60. The van der Waals surface area contributed by atoms with Crippen molar-refractivity contribution in [2.75, 3.05) is 5.73 Å². The van der Waals surface area contributed by atoms with Crippen LogP contribution >= 0.6 is 0 Å². The number of nitrogen functional groups attached to an aromatic ring is 1. The molecule has 10 rings (SSSR count). The summed E-state index contributed by atoms with van der Waals surface area (Å²) in [7, 11) is 0. The summed E-state index contributed by atoms with van der Waals surface area (Å²) >= 11 is 0. The smallest absolute Gasteiger partial charge is 0.0935 e. The van der Waals surface area contributed by atoms with Crippen LogP contribution in [-0.4, -0.2) is 10.2 Å². The fraction of sp³-hybridized carbons (Fsp3) is 0. The van der Waals surface area contributed by atoms with Gasteiger partial charge in [-0.05, 0) is 107 Å². The van der Waals surface area contributed by atoms with Crippen LogP contribution in [0.25, 0.3) is 92.9 Å². The SMILES string of the molecule is N/C=C(\c1ccccc1N)c1c2ccccc2c(-c2cnnc3ccccc23)c2cc3c(cc12)-c1cccc2c1c-3cc1ccccc12. The Hall–Kier alpha value is -6.52. The number of benzene rings is 8. The van der Waals surface area contributed by atoms with E-state index >= 15 is 0 Å². The van der Waals surface area contributed by atoms with E-state index < -0.39 is 0 Å². The zero-order chi connectivity index (χ0) is 31.9. The zero-order valence-corrected chi connectivity index (χ0v) is 25.9. The van der Waals surface area contributed by atoms with Crippen LogP contribution in [0.4, 0.5) is 5.69 Å². The minimum absolute atomic E-state index is 0.685. The molecule has 224 valence electrons. The Labute approximate surface area is 276 Å². The second kappa shape index (κ2) is 9.99. The number of hydrogen-bond acceptors (Lipinski definition) is 4. The first-order valence-corrected chi connectivity index (χ1v) is 16.2. The Morgan fingerprint density at radius 1 is 0.521 bits per heavy atom. The second-order valence-corrected chi connectivity index (χ2v) is 12.6. The maximum Gasteiger partial charge on any atom is 0.0935 e. The number of hydrogen-bond donors (Lipinski definition) is 2. The predicted molar refractivity (Wildman–Crippen MR) is 202 cm³/mol. The van der Waals surface area contributed by atoms with Crippen molar-refractivity contribution in [2.45, 2.75) is 0 Å². The summed E-state index contributed by atoms with van der Waals surface area (Å²) in [5, 5.41) is 19.6. The molecule has 4 N–H and O–H groups in total. The average Bonchev–Trinajstić information content (AvgIpc) is 3.44. The van der Waals surface area contributed by atoms with E-state index in [4.69, 9.17) is 11.5 Å². The Balaban J connectivity index is 1.43. The minimum atomic E-state index is 0.685. The third-order valence-electron chi connectivity index (χ3n) is 10.1. The van der Waals surface area contributed by atoms with E-state index in [2.05, 4.69) is 113 Å². The highest BCUT2D eigenvalue weighted by Crippen LogP contribution is 2.53. The van der Waals surface area contributed by atoms with Crippen LogP contribution in [0.2, 0.25) is 0 Å². The number of nitrogens with two attached hydrogens (primary N) is 2. The highest BCUT2D eigenvalue weighted by atomic mass is 15.1. The van der Waals surface area contributed by atoms with Crippen LogP contribution < -0.4 is 11.5 Å². The summed E-state index contributed by atoms with van der Waals surface area (Å²) in [6, 6.07) is 47.4. The van der Waals surface area contributed by atoms with Gasteiger partial charge in [0.1, 0.15) is 0 Å². The molecule has 0 bridgehead atoms. The number of fused-ring (bicyclic) bond motifs is 8. The summed E-state index contributed by atoms with van der Waals surface area (Å²) in [6.07, 6.45) is 3.62. The van der Waals surface area contributed by atoms with Crippen molar-refractivity contribution in [3.05, 3.63) is 157 Å². The van der Waals surface area contributed by atoms with E-state index in [1.807, 2.05) is 36.5 Å². The second-order valence-electron chi connectivity index (χ2n) is 12.6. The topological polar surface area (TPSA) is 77.8 Å². The molecule has 0 atom stereocenters. The van der Waals surface area contributed by atoms with Gasteiger partial charge < -0.3 is 11.5 Å². The van der Waals surface area contributed by atoms with Crippen LogP contribution in [0, 0.1) is 0 Å². The molecular weight excluding hydrogens is 585 g/mol.